The number of unbranched alkanes of at least 4 members (excludes halogenated alkanes) is 3. The van der Waals surface area contributed by atoms with E-state index in [1.807, 2.05) is 13.0 Å². The number of ether oxygens (including phenoxy) is 2. The summed E-state index contributed by atoms with van der Waals surface area (Å²) in [5.41, 5.74) is 6.16. The first-order valence-corrected chi connectivity index (χ1v) is 7.52. The van der Waals surface area contributed by atoms with Gasteiger partial charge in [0.15, 0.2) is 11.5 Å². The van der Waals surface area contributed by atoms with Crippen molar-refractivity contribution in [2.24, 2.45) is 5.73 Å². The Hall–Kier alpha value is -1.75. The van der Waals surface area contributed by atoms with Gasteiger partial charge < -0.3 is 20.5 Å². The third kappa shape index (κ3) is 6.49. The molecule has 0 aliphatic rings. The van der Waals surface area contributed by atoms with Gasteiger partial charge in [0.25, 0.3) is 0 Å². The number of nitrogens with one attached hydrogen (secondary N) is 1. The Morgan fingerprint density at radius 2 is 1.95 bits per heavy atom. The van der Waals surface area contributed by atoms with Crippen molar-refractivity contribution < 1.29 is 14.3 Å². The molecule has 0 saturated heterocycles. The van der Waals surface area contributed by atoms with Crippen molar-refractivity contribution in [2.75, 3.05) is 25.6 Å². The average Bonchev–Trinajstić information content (AvgIpc) is 2.48. The predicted octanol–water partition coefficient (Wildman–Crippen LogP) is 2.94. The lowest BCUT2D eigenvalue weighted by molar-refractivity contribution is -0.116. The third-order valence-electron chi connectivity index (χ3n) is 3.11. The minimum atomic E-state index is 0.0222. The van der Waals surface area contributed by atoms with Gasteiger partial charge >= 0.3 is 0 Å². The minimum Gasteiger partial charge on any atom is -0.493 e. The number of rotatable bonds is 10. The van der Waals surface area contributed by atoms with E-state index in [0.717, 1.165) is 37.9 Å². The van der Waals surface area contributed by atoms with E-state index in [9.17, 15) is 4.79 Å². The highest BCUT2D eigenvalue weighted by Gasteiger charge is 2.07. The summed E-state index contributed by atoms with van der Waals surface area (Å²) >= 11 is 0. The number of benzene rings is 1. The fourth-order valence-electron chi connectivity index (χ4n) is 2.03. The summed E-state index contributed by atoms with van der Waals surface area (Å²) in [4.78, 5) is 11.8. The minimum absolute atomic E-state index is 0.0222. The first kappa shape index (κ1) is 17.3. The van der Waals surface area contributed by atoms with Gasteiger partial charge in [0.1, 0.15) is 0 Å². The average molecular weight is 294 g/mol. The number of hydrogen-bond donors (Lipinski definition) is 2. The molecule has 1 aromatic carbocycles. The van der Waals surface area contributed by atoms with Gasteiger partial charge in [0, 0.05) is 18.2 Å². The van der Waals surface area contributed by atoms with Gasteiger partial charge in [0.05, 0.1) is 13.7 Å². The van der Waals surface area contributed by atoms with E-state index in [4.69, 9.17) is 15.2 Å². The summed E-state index contributed by atoms with van der Waals surface area (Å²) in [6.07, 6.45) is 4.57. The molecule has 118 valence electrons. The van der Waals surface area contributed by atoms with Crippen LogP contribution in [-0.2, 0) is 4.79 Å². The Morgan fingerprint density at radius 1 is 1.19 bits per heavy atom. The maximum atomic E-state index is 11.8. The molecule has 0 atom stereocenters. The fourth-order valence-corrected chi connectivity index (χ4v) is 2.03. The Balaban J connectivity index is 2.45. The topological polar surface area (TPSA) is 73.6 Å². The van der Waals surface area contributed by atoms with Crippen LogP contribution in [0, 0.1) is 0 Å². The number of methoxy groups -OCH3 is 1. The molecule has 1 amide bonds. The quantitative estimate of drug-likeness (QED) is 0.651. The van der Waals surface area contributed by atoms with Gasteiger partial charge in [-0.1, -0.05) is 12.8 Å². The molecule has 0 unspecified atom stereocenters. The van der Waals surface area contributed by atoms with Gasteiger partial charge in [-0.05, 0) is 38.4 Å². The molecular weight excluding hydrogens is 268 g/mol. The summed E-state index contributed by atoms with van der Waals surface area (Å²) in [5, 5.41) is 2.88. The van der Waals surface area contributed by atoms with Crippen molar-refractivity contribution in [1.82, 2.24) is 0 Å². The van der Waals surface area contributed by atoms with E-state index in [2.05, 4.69) is 5.32 Å². The Labute approximate surface area is 126 Å². The predicted molar refractivity (Wildman–Crippen MR) is 84.9 cm³/mol. The number of amides is 1. The second kappa shape index (κ2) is 10.0. The summed E-state index contributed by atoms with van der Waals surface area (Å²) in [5.74, 6) is 1.33. The number of nitrogens with two attached hydrogens (primary N) is 1. The standard InChI is InChI=1S/C16H26N2O3/c1-3-21-14-10-9-13(12-15(14)20-2)18-16(19)8-6-4-5-7-11-17/h9-10,12H,3-8,11,17H2,1-2H3,(H,18,19). The van der Waals surface area contributed by atoms with E-state index in [1.165, 1.54) is 0 Å². The van der Waals surface area contributed by atoms with Gasteiger partial charge in [0.2, 0.25) is 5.91 Å². The molecule has 0 fully saturated rings. The lowest BCUT2D eigenvalue weighted by Gasteiger charge is -2.11. The number of carbonyl (C=O) groups excluding carboxylic acids is 1. The summed E-state index contributed by atoms with van der Waals surface area (Å²) in [6.45, 7) is 3.21. The van der Waals surface area contributed by atoms with E-state index < -0.39 is 0 Å². The largest absolute Gasteiger partial charge is 0.493 e. The zero-order chi connectivity index (χ0) is 15.5. The molecule has 3 N–H and O–H groups in total. The van der Waals surface area contributed by atoms with Gasteiger partial charge in [-0.15, -0.1) is 0 Å². The highest BCUT2D eigenvalue weighted by molar-refractivity contribution is 5.91. The van der Waals surface area contributed by atoms with E-state index >= 15 is 0 Å². The van der Waals surface area contributed by atoms with Crippen LogP contribution < -0.4 is 20.5 Å². The second-order valence-corrected chi connectivity index (χ2v) is 4.80. The van der Waals surface area contributed by atoms with Crippen LogP contribution in [0.1, 0.15) is 39.0 Å². The van der Waals surface area contributed by atoms with Crippen molar-refractivity contribution in [3.63, 3.8) is 0 Å². The maximum absolute atomic E-state index is 11.8. The van der Waals surface area contributed by atoms with Crippen LogP contribution in [0.4, 0.5) is 5.69 Å². The molecule has 5 heteroatoms. The zero-order valence-electron chi connectivity index (χ0n) is 13.0. The van der Waals surface area contributed by atoms with Crippen molar-refractivity contribution in [2.45, 2.75) is 39.0 Å². The highest BCUT2D eigenvalue weighted by Crippen LogP contribution is 2.30. The van der Waals surface area contributed by atoms with E-state index in [0.29, 0.717) is 24.5 Å². The molecule has 5 nitrogen and oxygen atoms in total. The molecule has 0 aromatic heterocycles. The number of carbonyl (C=O) groups is 1. The monoisotopic (exact) mass is 294 g/mol. The highest BCUT2D eigenvalue weighted by atomic mass is 16.5. The van der Waals surface area contributed by atoms with Crippen LogP contribution in [0.25, 0.3) is 0 Å². The van der Waals surface area contributed by atoms with Crippen LogP contribution in [0.5, 0.6) is 11.5 Å². The molecule has 0 radical (unpaired) electrons. The fraction of sp³-hybridized carbons (Fsp3) is 0.562. The van der Waals surface area contributed by atoms with Crippen LogP contribution >= 0.6 is 0 Å². The van der Waals surface area contributed by atoms with Gasteiger partial charge in [-0.3, -0.25) is 4.79 Å². The normalized spacial score (nSPS) is 10.2. The van der Waals surface area contributed by atoms with Crippen LogP contribution in [0.3, 0.4) is 0 Å². The SMILES string of the molecule is CCOc1ccc(NC(=O)CCCCCCN)cc1OC. The molecule has 0 saturated carbocycles. The van der Waals surface area contributed by atoms with Crippen LogP contribution in [0.2, 0.25) is 0 Å². The molecule has 0 heterocycles. The van der Waals surface area contributed by atoms with Crippen molar-refractivity contribution in [3.05, 3.63) is 18.2 Å². The van der Waals surface area contributed by atoms with Gasteiger partial charge in [-0.2, -0.15) is 0 Å². The molecule has 21 heavy (non-hydrogen) atoms. The van der Waals surface area contributed by atoms with Crippen molar-refractivity contribution in [3.8, 4) is 11.5 Å². The Morgan fingerprint density at radius 3 is 2.62 bits per heavy atom. The number of hydrogen-bond acceptors (Lipinski definition) is 4. The maximum Gasteiger partial charge on any atom is 0.224 e. The summed E-state index contributed by atoms with van der Waals surface area (Å²) < 4.78 is 10.7. The first-order chi connectivity index (χ1) is 10.2. The lowest BCUT2D eigenvalue weighted by Crippen LogP contribution is -2.11. The molecule has 0 bridgehead atoms. The molecule has 1 aromatic rings. The summed E-state index contributed by atoms with van der Waals surface area (Å²) in [7, 11) is 1.58. The van der Waals surface area contributed by atoms with Crippen molar-refractivity contribution >= 4 is 11.6 Å². The molecule has 0 aliphatic carbocycles. The van der Waals surface area contributed by atoms with Crippen molar-refractivity contribution in [1.29, 1.82) is 0 Å². The molecule has 0 aliphatic heterocycles. The van der Waals surface area contributed by atoms with E-state index in [-0.39, 0.29) is 5.91 Å². The summed E-state index contributed by atoms with van der Waals surface area (Å²) in [6, 6.07) is 5.40. The zero-order valence-corrected chi connectivity index (χ0v) is 13.0. The third-order valence-corrected chi connectivity index (χ3v) is 3.11. The number of anilines is 1. The van der Waals surface area contributed by atoms with Crippen LogP contribution in [0.15, 0.2) is 18.2 Å². The molecular formula is C16H26N2O3. The Bertz CT molecular complexity index is 436. The van der Waals surface area contributed by atoms with Gasteiger partial charge in [-0.25, -0.2) is 0 Å². The smallest absolute Gasteiger partial charge is 0.224 e. The van der Waals surface area contributed by atoms with Crippen LogP contribution in [-0.4, -0.2) is 26.2 Å². The van der Waals surface area contributed by atoms with E-state index in [1.54, 1.807) is 19.2 Å². The lowest BCUT2D eigenvalue weighted by atomic mass is 10.1. The second-order valence-electron chi connectivity index (χ2n) is 4.80. The Kier molecular flexibility index (Phi) is 8.28. The molecule has 1 rings (SSSR count). The first-order valence-electron chi connectivity index (χ1n) is 7.52. The molecule has 0 spiro atoms.